The molecule has 0 heterocycles. The van der Waals surface area contributed by atoms with Crippen LogP contribution in [0.2, 0.25) is 0 Å². The summed E-state index contributed by atoms with van der Waals surface area (Å²) in [5, 5.41) is 0. The number of amides is 1. The Balaban J connectivity index is 2.13. The fraction of sp³-hybridized carbons (Fsp3) is 0.188. The van der Waals surface area contributed by atoms with Crippen molar-refractivity contribution in [2.24, 2.45) is 0 Å². The predicted molar refractivity (Wildman–Crippen MR) is 79.6 cm³/mol. The van der Waals surface area contributed by atoms with Gasteiger partial charge in [0, 0.05) is 19.3 Å². The fourth-order valence-electron chi connectivity index (χ4n) is 2.00. The number of nitrogens with zero attached hydrogens (tertiary/aromatic N) is 1. The molecule has 0 aromatic heterocycles. The maximum Gasteiger partial charge on any atom is 0.256 e. The van der Waals surface area contributed by atoms with Gasteiger partial charge in [-0.2, -0.15) is 0 Å². The molecule has 2 N–H and O–H groups in total. The number of anilines is 1. The van der Waals surface area contributed by atoms with Crippen molar-refractivity contribution in [1.29, 1.82) is 0 Å². The van der Waals surface area contributed by atoms with Crippen molar-refractivity contribution >= 4 is 11.6 Å². The third kappa shape index (κ3) is 3.51. The number of benzene rings is 2. The quantitative estimate of drug-likeness (QED) is 0.880. The van der Waals surface area contributed by atoms with Crippen molar-refractivity contribution in [3.63, 3.8) is 0 Å². The highest BCUT2D eigenvalue weighted by atomic mass is 19.1. The van der Waals surface area contributed by atoms with Crippen LogP contribution >= 0.6 is 0 Å². The van der Waals surface area contributed by atoms with Crippen molar-refractivity contribution in [2.75, 3.05) is 19.9 Å². The first-order valence-corrected chi connectivity index (χ1v) is 6.44. The largest absolute Gasteiger partial charge is 0.497 e. The maximum absolute atomic E-state index is 13.2. The van der Waals surface area contributed by atoms with Gasteiger partial charge >= 0.3 is 0 Å². The highest BCUT2D eigenvalue weighted by Gasteiger charge is 2.15. The molecule has 1 amide bonds. The second-order valence-corrected chi connectivity index (χ2v) is 4.74. The molecule has 0 aliphatic heterocycles. The Labute approximate surface area is 122 Å². The maximum atomic E-state index is 13.2. The Morgan fingerprint density at radius 3 is 2.52 bits per heavy atom. The zero-order valence-corrected chi connectivity index (χ0v) is 12.0. The van der Waals surface area contributed by atoms with E-state index in [4.69, 9.17) is 10.5 Å². The van der Waals surface area contributed by atoms with Gasteiger partial charge in [0.2, 0.25) is 0 Å². The molecule has 0 fully saturated rings. The van der Waals surface area contributed by atoms with Gasteiger partial charge in [0.25, 0.3) is 5.91 Å². The first-order chi connectivity index (χ1) is 10.0. The van der Waals surface area contributed by atoms with E-state index in [2.05, 4.69) is 0 Å². The van der Waals surface area contributed by atoms with Gasteiger partial charge in [0.05, 0.1) is 12.7 Å². The van der Waals surface area contributed by atoms with Crippen molar-refractivity contribution in [2.45, 2.75) is 6.54 Å². The lowest BCUT2D eigenvalue weighted by Gasteiger charge is -2.18. The fourth-order valence-corrected chi connectivity index (χ4v) is 2.00. The van der Waals surface area contributed by atoms with Crippen LogP contribution in [-0.2, 0) is 6.54 Å². The molecule has 0 aliphatic rings. The summed E-state index contributed by atoms with van der Waals surface area (Å²) in [5.74, 6) is -0.0460. The first-order valence-electron chi connectivity index (χ1n) is 6.44. The molecule has 0 saturated carbocycles. The Morgan fingerprint density at radius 1 is 1.24 bits per heavy atom. The van der Waals surface area contributed by atoms with Crippen LogP contribution in [0.4, 0.5) is 10.1 Å². The van der Waals surface area contributed by atoms with Gasteiger partial charge in [-0.25, -0.2) is 4.39 Å². The standard InChI is InChI=1S/C16H17FN2O2/c1-19(10-11-3-6-13(21-2)7-4-11)16(20)14-9-12(17)5-8-15(14)18/h3-9H,10,18H2,1-2H3. The molecular weight excluding hydrogens is 271 g/mol. The topological polar surface area (TPSA) is 55.6 Å². The summed E-state index contributed by atoms with van der Waals surface area (Å²) >= 11 is 0. The molecule has 21 heavy (non-hydrogen) atoms. The zero-order valence-electron chi connectivity index (χ0n) is 12.0. The van der Waals surface area contributed by atoms with Crippen LogP contribution in [0.25, 0.3) is 0 Å². The number of nitrogens with two attached hydrogens (primary N) is 1. The molecule has 2 aromatic carbocycles. The highest BCUT2D eigenvalue weighted by Crippen LogP contribution is 2.17. The summed E-state index contributed by atoms with van der Waals surface area (Å²) in [4.78, 5) is 13.8. The second kappa shape index (κ2) is 6.26. The van der Waals surface area contributed by atoms with Gasteiger partial charge in [0.1, 0.15) is 11.6 Å². The average Bonchev–Trinajstić information content (AvgIpc) is 2.49. The van der Waals surface area contributed by atoms with Crippen LogP contribution in [0.5, 0.6) is 5.75 Å². The number of methoxy groups -OCH3 is 1. The van der Waals surface area contributed by atoms with Gasteiger partial charge in [0.15, 0.2) is 0 Å². The summed E-state index contributed by atoms with van der Waals surface area (Å²) < 4.78 is 18.3. The Kier molecular flexibility index (Phi) is 4.42. The molecule has 2 rings (SSSR count). The lowest BCUT2D eigenvalue weighted by molar-refractivity contribution is 0.0785. The van der Waals surface area contributed by atoms with E-state index in [1.807, 2.05) is 24.3 Å². The monoisotopic (exact) mass is 288 g/mol. The van der Waals surface area contributed by atoms with Crippen molar-refractivity contribution in [3.8, 4) is 5.75 Å². The Hall–Kier alpha value is -2.56. The van der Waals surface area contributed by atoms with E-state index in [9.17, 15) is 9.18 Å². The molecule has 2 aromatic rings. The van der Waals surface area contributed by atoms with E-state index in [0.717, 1.165) is 17.4 Å². The summed E-state index contributed by atoms with van der Waals surface area (Å²) in [6, 6.07) is 11.2. The molecule has 5 heteroatoms. The van der Waals surface area contributed by atoms with Gasteiger partial charge in [-0.05, 0) is 35.9 Å². The molecule has 110 valence electrons. The van der Waals surface area contributed by atoms with Gasteiger partial charge < -0.3 is 15.4 Å². The highest BCUT2D eigenvalue weighted by molar-refractivity contribution is 5.98. The third-order valence-corrected chi connectivity index (χ3v) is 3.17. The number of carbonyl (C=O) groups is 1. The Morgan fingerprint density at radius 2 is 1.90 bits per heavy atom. The molecular formula is C16H17FN2O2. The van der Waals surface area contributed by atoms with Gasteiger partial charge in [-0.1, -0.05) is 12.1 Å². The van der Waals surface area contributed by atoms with E-state index in [-0.39, 0.29) is 17.2 Å². The smallest absolute Gasteiger partial charge is 0.256 e. The van der Waals surface area contributed by atoms with Crippen LogP contribution < -0.4 is 10.5 Å². The van der Waals surface area contributed by atoms with E-state index in [1.54, 1.807) is 14.2 Å². The van der Waals surface area contributed by atoms with Crippen LogP contribution in [0, 0.1) is 5.82 Å². The summed E-state index contributed by atoms with van der Waals surface area (Å²) in [6.45, 7) is 0.402. The van der Waals surface area contributed by atoms with Crippen molar-refractivity contribution in [3.05, 3.63) is 59.4 Å². The molecule has 0 aliphatic carbocycles. The SMILES string of the molecule is COc1ccc(CN(C)C(=O)c2cc(F)ccc2N)cc1. The molecule has 0 bridgehead atoms. The number of rotatable bonds is 4. The zero-order chi connectivity index (χ0) is 15.4. The van der Waals surface area contributed by atoms with E-state index >= 15 is 0 Å². The lowest BCUT2D eigenvalue weighted by Crippen LogP contribution is -2.27. The number of nitrogen functional groups attached to an aromatic ring is 1. The first kappa shape index (κ1) is 14.8. The van der Waals surface area contributed by atoms with Gasteiger partial charge in [-0.3, -0.25) is 4.79 Å². The molecule has 0 saturated heterocycles. The minimum Gasteiger partial charge on any atom is -0.497 e. The summed E-state index contributed by atoms with van der Waals surface area (Å²) in [7, 11) is 3.24. The third-order valence-electron chi connectivity index (χ3n) is 3.17. The van der Waals surface area contributed by atoms with Crippen molar-refractivity contribution in [1.82, 2.24) is 4.90 Å². The van der Waals surface area contributed by atoms with Crippen LogP contribution in [0.1, 0.15) is 15.9 Å². The predicted octanol–water partition coefficient (Wildman–Crippen LogP) is 2.69. The minimum absolute atomic E-state index is 0.172. The Bertz CT molecular complexity index is 641. The van der Waals surface area contributed by atoms with Crippen LogP contribution in [0.15, 0.2) is 42.5 Å². The summed E-state index contributed by atoms with van der Waals surface area (Å²) in [5.41, 5.74) is 7.11. The number of hydrogen-bond donors (Lipinski definition) is 1. The van der Waals surface area contributed by atoms with Crippen molar-refractivity contribution < 1.29 is 13.9 Å². The van der Waals surface area contributed by atoms with E-state index in [1.165, 1.54) is 17.0 Å². The number of hydrogen-bond acceptors (Lipinski definition) is 3. The van der Waals surface area contributed by atoms with E-state index in [0.29, 0.717) is 6.54 Å². The normalized spacial score (nSPS) is 10.2. The molecule has 0 unspecified atom stereocenters. The summed E-state index contributed by atoms with van der Waals surface area (Å²) in [6.07, 6.45) is 0. The second-order valence-electron chi connectivity index (χ2n) is 4.74. The molecule has 4 nitrogen and oxygen atoms in total. The van der Waals surface area contributed by atoms with Crippen LogP contribution in [-0.4, -0.2) is 25.0 Å². The molecule has 0 radical (unpaired) electrons. The number of carbonyl (C=O) groups excluding carboxylic acids is 1. The average molecular weight is 288 g/mol. The number of halogens is 1. The molecule has 0 atom stereocenters. The van der Waals surface area contributed by atoms with Crippen LogP contribution in [0.3, 0.4) is 0 Å². The molecule has 0 spiro atoms. The minimum atomic E-state index is -0.481. The number of ether oxygens (including phenoxy) is 1. The van der Waals surface area contributed by atoms with E-state index < -0.39 is 5.82 Å². The van der Waals surface area contributed by atoms with Gasteiger partial charge in [-0.15, -0.1) is 0 Å². The lowest BCUT2D eigenvalue weighted by atomic mass is 10.1.